The van der Waals surface area contributed by atoms with Crippen LogP contribution in [0.3, 0.4) is 0 Å². The van der Waals surface area contributed by atoms with Crippen molar-refractivity contribution in [2.45, 2.75) is 33.8 Å². The zero-order valence-corrected chi connectivity index (χ0v) is 12.2. The van der Waals surface area contributed by atoms with Crippen LogP contribution in [0.2, 0.25) is 0 Å². The van der Waals surface area contributed by atoms with E-state index in [1.807, 2.05) is 20.8 Å². The number of hydrogen-bond acceptors (Lipinski definition) is 3. The van der Waals surface area contributed by atoms with Crippen LogP contribution >= 0.6 is 0 Å². The van der Waals surface area contributed by atoms with E-state index in [4.69, 9.17) is 5.11 Å². The molecule has 0 atom stereocenters. The van der Waals surface area contributed by atoms with E-state index in [1.165, 1.54) is 0 Å². The van der Waals surface area contributed by atoms with Crippen molar-refractivity contribution >= 4 is 17.5 Å². The van der Waals surface area contributed by atoms with Gasteiger partial charge in [-0.1, -0.05) is 32.9 Å². The number of carbonyl (C=O) groups is 2. The second-order valence-corrected chi connectivity index (χ2v) is 5.92. The van der Waals surface area contributed by atoms with Crippen molar-refractivity contribution in [3.8, 4) is 0 Å². The predicted octanol–water partition coefficient (Wildman–Crippen LogP) is 1.67. The molecule has 0 aliphatic rings. The van der Waals surface area contributed by atoms with Gasteiger partial charge < -0.3 is 15.7 Å². The van der Waals surface area contributed by atoms with Gasteiger partial charge in [0.15, 0.2) is 0 Å². The summed E-state index contributed by atoms with van der Waals surface area (Å²) in [5.74, 6) is -0.431. The number of rotatable bonds is 5. The first-order valence-corrected chi connectivity index (χ1v) is 6.56. The molecule has 3 N–H and O–H groups in total. The number of benzene rings is 1. The number of hydrogen-bond donors (Lipinski definition) is 3. The van der Waals surface area contributed by atoms with Crippen molar-refractivity contribution in [1.82, 2.24) is 5.32 Å². The summed E-state index contributed by atoms with van der Waals surface area (Å²) in [4.78, 5) is 23.3. The van der Waals surface area contributed by atoms with Crippen LogP contribution < -0.4 is 10.6 Å². The van der Waals surface area contributed by atoms with Crippen LogP contribution in [-0.2, 0) is 16.2 Å². The Balaban J connectivity index is 2.42. The molecule has 0 saturated carbocycles. The quantitative estimate of drug-likeness (QED) is 0.766. The van der Waals surface area contributed by atoms with E-state index in [2.05, 4.69) is 10.6 Å². The lowest BCUT2D eigenvalue weighted by Crippen LogP contribution is -2.34. The van der Waals surface area contributed by atoms with Crippen LogP contribution in [-0.4, -0.2) is 23.5 Å². The van der Waals surface area contributed by atoms with Gasteiger partial charge >= 0.3 is 0 Å². The molecule has 1 aromatic carbocycles. The number of aliphatic hydroxyl groups is 1. The van der Waals surface area contributed by atoms with E-state index in [-0.39, 0.29) is 30.4 Å². The van der Waals surface area contributed by atoms with E-state index < -0.39 is 0 Å². The standard InChI is InChI=1S/C15H22N2O3/c1-15(2,3)8-13(19)16-9-14(20)17-12-6-4-5-11(7-12)10-18/h4-7,18H,8-10H2,1-3H3,(H,16,19)(H,17,20). The summed E-state index contributed by atoms with van der Waals surface area (Å²) in [6.45, 7) is 5.76. The molecular weight excluding hydrogens is 256 g/mol. The number of amides is 2. The molecule has 20 heavy (non-hydrogen) atoms. The van der Waals surface area contributed by atoms with Gasteiger partial charge in [0, 0.05) is 12.1 Å². The van der Waals surface area contributed by atoms with E-state index >= 15 is 0 Å². The summed E-state index contributed by atoms with van der Waals surface area (Å²) in [5, 5.41) is 14.3. The lowest BCUT2D eigenvalue weighted by atomic mass is 9.92. The van der Waals surface area contributed by atoms with E-state index in [1.54, 1.807) is 24.3 Å². The molecule has 110 valence electrons. The molecule has 1 rings (SSSR count). The molecule has 0 unspecified atom stereocenters. The number of carbonyl (C=O) groups excluding carboxylic acids is 2. The highest BCUT2D eigenvalue weighted by Gasteiger charge is 2.16. The van der Waals surface area contributed by atoms with E-state index in [0.717, 1.165) is 5.56 Å². The van der Waals surface area contributed by atoms with Gasteiger partial charge in [-0.15, -0.1) is 0 Å². The Morgan fingerprint density at radius 3 is 2.50 bits per heavy atom. The number of aliphatic hydroxyl groups excluding tert-OH is 1. The fraction of sp³-hybridized carbons (Fsp3) is 0.467. The lowest BCUT2D eigenvalue weighted by Gasteiger charge is -2.17. The van der Waals surface area contributed by atoms with Gasteiger partial charge in [-0.05, 0) is 23.1 Å². The van der Waals surface area contributed by atoms with Crippen LogP contribution in [0.15, 0.2) is 24.3 Å². The molecule has 0 bridgehead atoms. The molecule has 1 aromatic rings. The molecule has 0 aromatic heterocycles. The highest BCUT2D eigenvalue weighted by Crippen LogP contribution is 2.17. The monoisotopic (exact) mass is 278 g/mol. The summed E-state index contributed by atoms with van der Waals surface area (Å²) in [5.41, 5.74) is 1.22. The van der Waals surface area contributed by atoms with Crippen LogP contribution in [0.4, 0.5) is 5.69 Å². The van der Waals surface area contributed by atoms with Crippen LogP contribution in [0.1, 0.15) is 32.8 Å². The first kappa shape index (κ1) is 16.2. The average Bonchev–Trinajstić information content (AvgIpc) is 2.34. The summed E-state index contributed by atoms with van der Waals surface area (Å²) >= 11 is 0. The van der Waals surface area contributed by atoms with Crippen molar-refractivity contribution < 1.29 is 14.7 Å². The molecular formula is C15H22N2O3. The summed E-state index contributed by atoms with van der Waals surface area (Å²) in [6, 6.07) is 6.93. The molecule has 5 heteroatoms. The molecule has 0 saturated heterocycles. The highest BCUT2D eigenvalue weighted by atomic mass is 16.3. The molecule has 2 amide bonds. The Morgan fingerprint density at radius 2 is 1.90 bits per heavy atom. The normalized spacial score (nSPS) is 11.0. The van der Waals surface area contributed by atoms with E-state index in [0.29, 0.717) is 12.1 Å². The van der Waals surface area contributed by atoms with Gasteiger partial charge in [-0.3, -0.25) is 9.59 Å². The topological polar surface area (TPSA) is 78.4 Å². The molecule has 5 nitrogen and oxygen atoms in total. The Hall–Kier alpha value is -1.88. The van der Waals surface area contributed by atoms with Crippen molar-refractivity contribution in [2.24, 2.45) is 5.41 Å². The molecule has 0 spiro atoms. The van der Waals surface area contributed by atoms with Gasteiger partial charge in [0.1, 0.15) is 0 Å². The summed E-state index contributed by atoms with van der Waals surface area (Å²) in [7, 11) is 0. The third kappa shape index (κ3) is 6.33. The zero-order chi connectivity index (χ0) is 15.2. The molecule has 0 aliphatic carbocycles. The van der Waals surface area contributed by atoms with Crippen LogP contribution in [0.5, 0.6) is 0 Å². The molecule has 0 fully saturated rings. The zero-order valence-electron chi connectivity index (χ0n) is 12.2. The first-order valence-electron chi connectivity index (χ1n) is 6.56. The second kappa shape index (κ2) is 7.05. The third-order valence-corrected chi connectivity index (χ3v) is 2.53. The first-order chi connectivity index (χ1) is 9.30. The van der Waals surface area contributed by atoms with Crippen LogP contribution in [0, 0.1) is 5.41 Å². The highest BCUT2D eigenvalue weighted by molar-refractivity contribution is 5.94. The van der Waals surface area contributed by atoms with Crippen molar-refractivity contribution in [1.29, 1.82) is 0 Å². The van der Waals surface area contributed by atoms with Gasteiger partial charge in [0.2, 0.25) is 11.8 Å². The van der Waals surface area contributed by atoms with Gasteiger partial charge in [0.05, 0.1) is 13.2 Å². The maximum Gasteiger partial charge on any atom is 0.243 e. The van der Waals surface area contributed by atoms with Gasteiger partial charge in [-0.2, -0.15) is 0 Å². The Labute approximate surface area is 119 Å². The van der Waals surface area contributed by atoms with Crippen molar-refractivity contribution in [2.75, 3.05) is 11.9 Å². The smallest absolute Gasteiger partial charge is 0.243 e. The minimum absolute atomic E-state index is 0.0573. The SMILES string of the molecule is CC(C)(C)CC(=O)NCC(=O)Nc1cccc(CO)c1. The van der Waals surface area contributed by atoms with Gasteiger partial charge in [-0.25, -0.2) is 0 Å². The van der Waals surface area contributed by atoms with Crippen molar-refractivity contribution in [3.63, 3.8) is 0 Å². The number of anilines is 1. The fourth-order valence-electron chi connectivity index (χ4n) is 1.68. The minimum atomic E-state index is -0.289. The number of nitrogens with one attached hydrogen (secondary N) is 2. The summed E-state index contributed by atoms with van der Waals surface area (Å²) < 4.78 is 0. The maximum absolute atomic E-state index is 11.7. The molecule has 0 radical (unpaired) electrons. The maximum atomic E-state index is 11.7. The lowest BCUT2D eigenvalue weighted by molar-refractivity contribution is -0.125. The van der Waals surface area contributed by atoms with Crippen molar-refractivity contribution in [3.05, 3.63) is 29.8 Å². The van der Waals surface area contributed by atoms with Gasteiger partial charge in [0.25, 0.3) is 0 Å². The molecule has 0 heterocycles. The predicted molar refractivity (Wildman–Crippen MR) is 78.1 cm³/mol. The van der Waals surface area contributed by atoms with Crippen LogP contribution in [0.25, 0.3) is 0 Å². The Morgan fingerprint density at radius 1 is 1.20 bits per heavy atom. The Bertz CT molecular complexity index is 478. The third-order valence-electron chi connectivity index (χ3n) is 2.53. The Kier molecular flexibility index (Phi) is 5.70. The molecule has 0 aliphatic heterocycles. The van der Waals surface area contributed by atoms with E-state index in [9.17, 15) is 9.59 Å². The largest absolute Gasteiger partial charge is 0.392 e. The average molecular weight is 278 g/mol. The summed E-state index contributed by atoms with van der Waals surface area (Å²) in [6.07, 6.45) is 0.375. The fourth-order valence-corrected chi connectivity index (χ4v) is 1.68. The minimum Gasteiger partial charge on any atom is -0.392 e. The second-order valence-electron chi connectivity index (χ2n) is 5.92.